The Morgan fingerprint density at radius 1 is 1.42 bits per heavy atom. The van der Waals surface area contributed by atoms with Crippen LogP contribution in [0.1, 0.15) is 27.9 Å². The average Bonchev–Trinajstić information content (AvgIpc) is 2.32. The monoisotopic (exact) mass is 282 g/mol. The van der Waals surface area contributed by atoms with E-state index < -0.39 is 16.0 Å². The number of rotatable bonds is 5. The van der Waals surface area contributed by atoms with Crippen molar-refractivity contribution in [2.24, 2.45) is 0 Å². The molecule has 0 fully saturated rings. The average molecular weight is 282 g/mol. The summed E-state index contributed by atoms with van der Waals surface area (Å²) in [6, 6.07) is 4.37. The minimum atomic E-state index is -3.81. The summed E-state index contributed by atoms with van der Waals surface area (Å²) in [5, 5.41) is 17.3. The van der Waals surface area contributed by atoms with Crippen LogP contribution in [-0.2, 0) is 10.0 Å². The van der Waals surface area contributed by atoms with Gasteiger partial charge in [-0.2, -0.15) is 5.26 Å². The minimum Gasteiger partial charge on any atom is -0.478 e. The first-order valence-corrected chi connectivity index (χ1v) is 6.99. The third-order valence-electron chi connectivity index (χ3n) is 2.69. The lowest BCUT2D eigenvalue weighted by atomic mass is 10.1. The number of carbonyl (C=O) groups is 1. The van der Waals surface area contributed by atoms with E-state index in [0.29, 0.717) is 11.1 Å². The van der Waals surface area contributed by atoms with Crippen molar-refractivity contribution in [1.29, 1.82) is 5.26 Å². The Labute approximate surface area is 111 Å². The van der Waals surface area contributed by atoms with Crippen molar-refractivity contribution in [2.75, 3.05) is 6.54 Å². The lowest BCUT2D eigenvalue weighted by Gasteiger charge is -2.11. The lowest BCUT2D eigenvalue weighted by molar-refractivity contribution is 0.0696. The Hall–Kier alpha value is -1.91. The van der Waals surface area contributed by atoms with Crippen LogP contribution in [0.4, 0.5) is 0 Å². The van der Waals surface area contributed by atoms with Gasteiger partial charge in [-0.1, -0.05) is 0 Å². The molecule has 0 amide bonds. The summed E-state index contributed by atoms with van der Waals surface area (Å²) in [4.78, 5) is 10.9. The summed E-state index contributed by atoms with van der Waals surface area (Å²) in [5.74, 6) is -1.18. The topological polar surface area (TPSA) is 107 Å². The van der Waals surface area contributed by atoms with E-state index in [9.17, 15) is 13.2 Å². The maximum absolute atomic E-state index is 12.0. The van der Waals surface area contributed by atoms with Crippen LogP contribution in [0.25, 0.3) is 0 Å². The SMILES string of the molecule is Cc1cc(C(=O)O)cc(S(=O)(=O)NCCC#N)c1C. The smallest absolute Gasteiger partial charge is 0.335 e. The van der Waals surface area contributed by atoms with E-state index in [2.05, 4.69) is 4.72 Å². The molecule has 0 saturated carbocycles. The molecule has 0 unspecified atom stereocenters. The van der Waals surface area contributed by atoms with Gasteiger partial charge in [-0.3, -0.25) is 0 Å². The van der Waals surface area contributed by atoms with E-state index in [-0.39, 0.29) is 23.4 Å². The number of hydrogen-bond donors (Lipinski definition) is 2. The van der Waals surface area contributed by atoms with E-state index in [0.717, 1.165) is 6.07 Å². The van der Waals surface area contributed by atoms with Crippen LogP contribution in [0.15, 0.2) is 17.0 Å². The van der Waals surface area contributed by atoms with Gasteiger partial charge in [-0.15, -0.1) is 0 Å². The van der Waals surface area contributed by atoms with Crippen molar-refractivity contribution < 1.29 is 18.3 Å². The second-order valence-corrected chi connectivity index (χ2v) is 5.76. The number of carboxylic acid groups (broad SMARTS) is 1. The van der Waals surface area contributed by atoms with Gasteiger partial charge in [-0.25, -0.2) is 17.9 Å². The first-order valence-electron chi connectivity index (χ1n) is 5.50. The summed E-state index contributed by atoms with van der Waals surface area (Å²) in [6.45, 7) is 3.25. The number of aryl methyl sites for hydroxylation is 1. The zero-order valence-corrected chi connectivity index (χ0v) is 11.4. The molecule has 0 saturated heterocycles. The number of hydrogen-bond acceptors (Lipinski definition) is 4. The van der Waals surface area contributed by atoms with Crippen molar-refractivity contribution in [3.63, 3.8) is 0 Å². The molecular formula is C12H14N2O4S. The van der Waals surface area contributed by atoms with Gasteiger partial charge in [0.1, 0.15) is 0 Å². The minimum absolute atomic E-state index is 0.00534. The zero-order valence-electron chi connectivity index (χ0n) is 10.6. The normalized spacial score (nSPS) is 11.0. The van der Waals surface area contributed by atoms with E-state index in [1.54, 1.807) is 13.8 Å². The Morgan fingerprint density at radius 3 is 2.58 bits per heavy atom. The number of nitrogens with one attached hydrogen (secondary N) is 1. The molecule has 0 atom stereocenters. The van der Waals surface area contributed by atoms with Crippen LogP contribution in [-0.4, -0.2) is 26.0 Å². The molecule has 0 aliphatic rings. The number of carboxylic acids is 1. The number of aromatic carboxylic acids is 1. The van der Waals surface area contributed by atoms with E-state index in [1.165, 1.54) is 6.07 Å². The van der Waals surface area contributed by atoms with Crippen LogP contribution >= 0.6 is 0 Å². The van der Waals surface area contributed by atoms with E-state index in [4.69, 9.17) is 10.4 Å². The first kappa shape index (κ1) is 15.1. The maximum Gasteiger partial charge on any atom is 0.335 e. The molecule has 1 aromatic rings. The molecule has 1 aromatic carbocycles. The Morgan fingerprint density at radius 2 is 2.05 bits per heavy atom. The van der Waals surface area contributed by atoms with E-state index in [1.807, 2.05) is 6.07 Å². The number of sulfonamides is 1. The van der Waals surface area contributed by atoms with Gasteiger partial charge in [0.05, 0.1) is 16.5 Å². The predicted molar refractivity (Wildman–Crippen MR) is 68.3 cm³/mol. The highest BCUT2D eigenvalue weighted by Gasteiger charge is 2.20. The second kappa shape index (κ2) is 5.82. The third kappa shape index (κ3) is 3.53. The van der Waals surface area contributed by atoms with Gasteiger partial charge < -0.3 is 5.11 Å². The highest BCUT2D eigenvalue weighted by molar-refractivity contribution is 7.89. The van der Waals surface area contributed by atoms with Crippen LogP contribution in [0.2, 0.25) is 0 Å². The third-order valence-corrected chi connectivity index (χ3v) is 4.27. The van der Waals surface area contributed by atoms with Crippen LogP contribution in [0.3, 0.4) is 0 Å². The number of benzene rings is 1. The van der Waals surface area contributed by atoms with Gasteiger partial charge in [0.15, 0.2) is 0 Å². The number of nitrogens with zero attached hydrogens (tertiary/aromatic N) is 1. The molecule has 0 radical (unpaired) electrons. The molecular weight excluding hydrogens is 268 g/mol. The summed E-state index contributed by atoms with van der Waals surface area (Å²) in [6.07, 6.45) is 0.0515. The fraction of sp³-hybridized carbons (Fsp3) is 0.333. The van der Waals surface area contributed by atoms with Gasteiger partial charge in [0, 0.05) is 13.0 Å². The van der Waals surface area contributed by atoms with Gasteiger partial charge in [0.2, 0.25) is 10.0 Å². The molecule has 6 nitrogen and oxygen atoms in total. The summed E-state index contributed by atoms with van der Waals surface area (Å²) < 4.78 is 26.4. The van der Waals surface area contributed by atoms with Crippen LogP contribution in [0, 0.1) is 25.2 Å². The highest BCUT2D eigenvalue weighted by atomic mass is 32.2. The lowest BCUT2D eigenvalue weighted by Crippen LogP contribution is -2.25. The molecule has 0 spiro atoms. The Bertz CT molecular complexity index is 644. The van der Waals surface area contributed by atoms with Gasteiger partial charge in [-0.05, 0) is 37.1 Å². The number of nitriles is 1. The molecule has 1 rings (SSSR count). The largest absolute Gasteiger partial charge is 0.478 e. The maximum atomic E-state index is 12.0. The van der Waals surface area contributed by atoms with Crippen molar-refractivity contribution >= 4 is 16.0 Å². The highest BCUT2D eigenvalue weighted by Crippen LogP contribution is 2.21. The molecule has 0 heterocycles. The summed E-state index contributed by atoms with van der Waals surface area (Å²) in [7, 11) is -3.81. The molecule has 19 heavy (non-hydrogen) atoms. The first-order chi connectivity index (χ1) is 8.79. The van der Waals surface area contributed by atoms with Crippen molar-refractivity contribution in [3.8, 4) is 6.07 Å². The van der Waals surface area contributed by atoms with Crippen molar-refractivity contribution in [1.82, 2.24) is 4.72 Å². The van der Waals surface area contributed by atoms with Crippen molar-refractivity contribution in [2.45, 2.75) is 25.2 Å². The predicted octanol–water partition coefficient (Wildman–Crippen LogP) is 1.19. The quantitative estimate of drug-likeness (QED) is 0.789. The molecule has 7 heteroatoms. The standard InChI is InChI=1S/C12H14N2O4S/c1-8-6-10(12(15)16)7-11(9(8)2)19(17,18)14-5-3-4-13/h6-7,14H,3,5H2,1-2H3,(H,15,16). The van der Waals surface area contributed by atoms with Crippen LogP contribution in [0.5, 0.6) is 0 Å². The second-order valence-electron chi connectivity index (χ2n) is 4.03. The molecule has 0 aliphatic heterocycles. The molecule has 0 aromatic heterocycles. The zero-order chi connectivity index (χ0) is 14.6. The van der Waals surface area contributed by atoms with Gasteiger partial charge >= 0.3 is 5.97 Å². The Balaban J connectivity index is 3.26. The fourth-order valence-corrected chi connectivity index (χ4v) is 2.92. The fourth-order valence-electron chi connectivity index (χ4n) is 1.55. The summed E-state index contributed by atoms with van der Waals surface area (Å²) in [5.41, 5.74) is 0.999. The van der Waals surface area contributed by atoms with Crippen molar-refractivity contribution in [3.05, 3.63) is 28.8 Å². The molecule has 102 valence electrons. The van der Waals surface area contributed by atoms with Crippen LogP contribution < -0.4 is 4.72 Å². The molecule has 0 bridgehead atoms. The molecule has 2 N–H and O–H groups in total. The Kier molecular flexibility index (Phi) is 4.64. The summed E-state index contributed by atoms with van der Waals surface area (Å²) >= 11 is 0. The van der Waals surface area contributed by atoms with E-state index >= 15 is 0 Å². The van der Waals surface area contributed by atoms with Gasteiger partial charge in [0.25, 0.3) is 0 Å². The molecule has 0 aliphatic carbocycles.